The average molecular weight is 326 g/mol. The van der Waals surface area contributed by atoms with E-state index in [0.717, 1.165) is 13.1 Å². The van der Waals surface area contributed by atoms with Crippen molar-refractivity contribution in [2.75, 3.05) is 13.1 Å². The van der Waals surface area contributed by atoms with E-state index in [1.165, 1.54) is 11.9 Å². The van der Waals surface area contributed by atoms with Crippen molar-refractivity contribution in [3.05, 3.63) is 48.1 Å². The molecule has 1 aromatic carbocycles. The van der Waals surface area contributed by atoms with E-state index < -0.39 is 0 Å². The number of nitrogens with one attached hydrogen (secondary N) is 1. The Labute approximate surface area is 138 Å². The fourth-order valence-corrected chi connectivity index (χ4v) is 2.92. The van der Waals surface area contributed by atoms with Gasteiger partial charge in [-0.3, -0.25) is 10.00 Å². The van der Waals surface area contributed by atoms with E-state index in [-0.39, 0.29) is 12.2 Å². The number of rotatable bonds is 4. The van der Waals surface area contributed by atoms with Gasteiger partial charge in [0.2, 0.25) is 5.82 Å². The van der Waals surface area contributed by atoms with Crippen molar-refractivity contribution >= 4 is 0 Å². The number of hydrogen-bond acceptors (Lipinski definition) is 7. The predicted molar refractivity (Wildman–Crippen MR) is 84.7 cm³/mol. The number of benzene rings is 1. The number of aromatic nitrogens is 5. The number of ether oxygens (including phenoxy) is 1. The van der Waals surface area contributed by atoms with Gasteiger partial charge in [-0.2, -0.15) is 10.1 Å². The Morgan fingerprint density at radius 3 is 2.92 bits per heavy atom. The minimum absolute atomic E-state index is 0.0908. The molecule has 0 aliphatic carbocycles. The Bertz CT molecular complexity index is 773. The van der Waals surface area contributed by atoms with Crippen LogP contribution in [0.2, 0.25) is 0 Å². The van der Waals surface area contributed by atoms with Gasteiger partial charge in [-0.25, -0.2) is 4.98 Å². The van der Waals surface area contributed by atoms with Crippen LogP contribution in [0.15, 0.2) is 41.2 Å². The standard InChI is InChI=1S/C16H18N6O2/c1-11-7-22(8-12-5-3-2-4-6-12)9-13(23-11)16-19-15(21-24-16)14-17-10-18-20-14/h2-6,10-11,13H,7-9H2,1H3,(H,17,18,20)/t11-,13-/m1/s1. The Hall–Kier alpha value is -2.58. The summed E-state index contributed by atoms with van der Waals surface area (Å²) in [6.45, 7) is 4.50. The van der Waals surface area contributed by atoms with Gasteiger partial charge in [0.1, 0.15) is 12.4 Å². The van der Waals surface area contributed by atoms with Crippen molar-refractivity contribution in [2.45, 2.75) is 25.7 Å². The lowest BCUT2D eigenvalue weighted by molar-refractivity contribution is -0.0930. The van der Waals surface area contributed by atoms with Gasteiger partial charge in [-0.15, -0.1) is 0 Å². The summed E-state index contributed by atoms with van der Waals surface area (Å²) in [6.07, 6.45) is 1.25. The molecule has 1 saturated heterocycles. The summed E-state index contributed by atoms with van der Waals surface area (Å²) in [7, 11) is 0. The molecule has 0 unspecified atom stereocenters. The van der Waals surface area contributed by atoms with Gasteiger partial charge >= 0.3 is 0 Å². The number of aromatic amines is 1. The van der Waals surface area contributed by atoms with E-state index in [2.05, 4.69) is 61.4 Å². The van der Waals surface area contributed by atoms with Crippen LogP contribution in [0.5, 0.6) is 0 Å². The first-order chi connectivity index (χ1) is 11.8. The molecule has 2 aromatic heterocycles. The van der Waals surface area contributed by atoms with Gasteiger partial charge in [0.15, 0.2) is 5.82 Å². The second kappa shape index (κ2) is 6.50. The molecular formula is C16H18N6O2. The van der Waals surface area contributed by atoms with Gasteiger partial charge in [-0.05, 0) is 12.5 Å². The van der Waals surface area contributed by atoms with Crippen molar-refractivity contribution in [2.24, 2.45) is 0 Å². The molecule has 3 aromatic rings. The molecule has 1 fully saturated rings. The molecule has 8 nitrogen and oxygen atoms in total. The minimum atomic E-state index is -0.248. The first-order valence-electron chi connectivity index (χ1n) is 7.89. The maximum absolute atomic E-state index is 5.99. The summed E-state index contributed by atoms with van der Waals surface area (Å²) in [5.74, 6) is 1.33. The van der Waals surface area contributed by atoms with Gasteiger partial charge in [-0.1, -0.05) is 35.5 Å². The smallest absolute Gasteiger partial charge is 0.257 e. The molecule has 0 spiro atoms. The number of morpholine rings is 1. The summed E-state index contributed by atoms with van der Waals surface area (Å²) in [5, 5.41) is 10.5. The van der Waals surface area contributed by atoms with Crippen LogP contribution in [0.1, 0.15) is 24.5 Å². The first kappa shape index (κ1) is 15.0. The number of nitrogens with zero attached hydrogens (tertiary/aromatic N) is 5. The van der Waals surface area contributed by atoms with Gasteiger partial charge < -0.3 is 9.26 Å². The molecule has 1 N–H and O–H groups in total. The molecular weight excluding hydrogens is 308 g/mol. The van der Waals surface area contributed by atoms with Gasteiger partial charge in [0.05, 0.1) is 6.10 Å². The van der Waals surface area contributed by atoms with E-state index in [9.17, 15) is 0 Å². The molecule has 1 aliphatic heterocycles. The van der Waals surface area contributed by atoms with Crippen LogP contribution in [0.3, 0.4) is 0 Å². The minimum Gasteiger partial charge on any atom is -0.363 e. The Balaban J connectivity index is 1.49. The Kier molecular flexibility index (Phi) is 4.06. The lowest BCUT2D eigenvalue weighted by Gasteiger charge is -2.35. The molecule has 124 valence electrons. The maximum Gasteiger partial charge on any atom is 0.257 e. The Morgan fingerprint density at radius 1 is 1.25 bits per heavy atom. The van der Waals surface area contributed by atoms with Crippen LogP contribution in [0.25, 0.3) is 11.6 Å². The largest absolute Gasteiger partial charge is 0.363 e. The summed E-state index contributed by atoms with van der Waals surface area (Å²) in [4.78, 5) is 10.8. The molecule has 0 bridgehead atoms. The molecule has 2 atom stereocenters. The third-order valence-corrected chi connectivity index (χ3v) is 3.93. The van der Waals surface area contributed by atoms with Crippen molar-refractivity contribution in [3.63, 3.8) is 0 Å². The second-order valence-electron chi connectivity index (χ2n) is 5.91. The second-order valence-corrected chi connectivity index (χ2v) is 5.91. The van der Waals surface area contributed by atoms with Crippen LogP contribution >= 0.6 is 0 Å². The van der Waals surface area contributed by atoms with Crippen LogP contribution in [0, 0.1) is 0 Å². The molecule has 24 heavy (non-hydrogen) atoms. The van der Waals surface area contributed by atoms with Crippen molar-refractivity contribution < 1.29 is 9.26 Å². The highest BCUT2D eigenvalue weighted by Crippen LogP contribution is 2.26. The van der Waals surface area contributed by atoms with E-state index in [0.29, 0.717) is 24.1 Å². The van der Waals surface area contributed by atoms with Gasteiger partial charge in [0.25, 0.3) is 5.89 Å². The molecule has 0 amide bonds. The van der Waals surface area contributed by atoms with E-state index >= 15 is 0 Å². The SMILES string of the molecule is C[C@@H]1CN(Cc2ccccc2)C[C@H](c2nc(-c3ncn[nH]3)no2)O1. The zero-order valence-electron chi connectivity index (χ0n) is 13.3. The molecule has 4 rings (SSSR count). The third-order valence-electron chi connectivity index (χ3n) is 3.93. The first-order valence-corrected chi connectivity index (χ1v) is 7.89. The van der Waals surface area contributed by atoms with E-state index in [4.69, 9.17) is 9.26 Å². The van der Waals surface area contributed by atoms with E-state index in [1.54, 1.807) is 0 Å². The maximum atomic E-state index is 5.99. The molecule has 0 radical (unpaired) electrons. The Morgan fingerprint density at radius 2 is 2.12 bits per heavy atom. The predicted octanol–water partition coefficient (Wildman–Crippen LogP) is 1.82. The molecule has 1 aliphatic rings. The zero-order valence-corrected chi connectivity index (χ0v) is 13.3. The van der Waals surface area contributed by atoms with Crippen LogP contribution in [-0.2, 0) is 11.3 Å². The summed E-state index contributed by atoms with van der Waals surface area (Å²) >= 11 is 0. The zero-order chi connectivity index (χ0) is 16.4. The number of H-pyrrole nitrogens is 1. The highest BCUT2D eigenvalue weighted by molar-refractivity contribution is 5.39. The molecule has 0 saturated carbocycles. The van der Waals surface area contributed by atoms with Gasteiger partial charge in [0, 0.05) is 19.6 Å². The van der Waals surface area contributed by atoms with Crippen LogP contribution in [0.4, 0.5) is 0 Å². The lowest BCUT2D eigenvalue weighted by atomic mass is 10.1. The topological polar surface area (TPSA) is 93.0 Å². The molecule has 8 heteroatoms. The quantitative estimate of drug-likeness (QED) is 0.781. The molecule has 3 heterocycles. The summed E-state index contributed by atoms with van der Waals surface area (Å²) in [5.41, 5.74) is 1.28. The van der Waals surface area contributed by atoms with Crippen molar-refractivity contribution in [3.8, 4) is 11.6 Å². The van der Waals surface area contributed by atoms with Crippen LogP contribution < -0.4 is 0 Å². The van der Waals surface area contributed by atoms with E-state index in [1.807, 2.05) is 6.07 Å². The van der Waals surface area contributed by atoms with Crippen molar-refractivity contribution in [1.29, 1.82) is 0 Å². The van der Waals surface area contributed by atoms with Crippen molar-refractivity contribution in [1.82, 2.24) is 30.2 Å². The number of hydrogen-bond donors (Lipinski definition) is 1. The monoisotopic (exact) mass is 326 g/mol. The lowest BCUT2D eigenvalue weighted by Crippen LogP contribution is -2.42. The average Bonchev–Trinajstić information content (AvgIpc) is 3.27. The normalized spacial score (nSPS) is 21.9. The fourth-order valence-electron chi connectivity index (χ4n) is 2.92. The highest BCUT2D eigenvalue weighted by Gasteiger charge is 2.30. The highest BCUT2D eigenvalue weighted by atomic mass is 16.5. The third kappa shape index (κ3) is 3.19. The summed E-state index contributed by atoms with van der Waals surface area (Å²) in [6, 6.07) is 10.4. The fraction of sp³-hybridized carbons (Fsp3) is 0.375. The summed E-state index contributed by atoms with van der Waals surface area (Å²) < 4.78 is 11.4. The van der Waals surface area contributed by atoms with Crippen LogP contribution in [-0.4, -0.2) is 49.4 Å².